The van der Waals surface area contributed by atoms with Gasteiger partial charge in [-0.3, -0.25) is 4.79 Å². The van der Waals surface area contributed by atoms with Gasteiger partial charge in [-0.2, -0.15) is 0 Å². The van der Waals surface area contributed by atoms with Crippen LogP contribution in [0.4, 0.5) is 0 Å². The lowest BCUT2D eigenvalue weighted by atomic mass is 10.0. The monoisotopic (exact) mass is 322 g/mol. The summed E-state index contributed by atoms with van der Waals surface area (Å²) in [5.41, 5.74) is 2.52. The number of ether oxygens (including phenoxy) is 2. The Morgan fingerprint density at radius 1 is 0.750 bits per heavy atom. The van der Waals surface area contributed by atoms with E-state index in [2.05, 4.69) is 24.3 Å². The van der Waals surface area contributed by atoms with E-state index < -0.39 is 0 Å². The Kier molecular flexibility index (Phi) is 3.79. The van der Waals surface area contributed by atoms with Crippen molar-refractivity contribution in [3.8, 4) is 11.5 Å². The molecule has 3 nitrogen and oxygen atoms in total. The van der Waals surface area contributed by atoms with Crippen LogP contribution >= 0.6 is 0 Å². The zero-order valence-electron chi connectivity index (χ0n) is 14.1. The molecule has 2 aliphatic carbocycles. The lowest BCUT2D eigenvalue weighted by Crippen LogP contribution is -2.06. The second kappa shape index (κ2) is 5.97. The molecule has 0 saturated heterocycles. The first-order chi connectivity index (χ1) is 11.7. The Labute approximate surface area is 142 Å². The summed E-state index contributed by atoms with van der Waals surface area (Å²) in [7, 11) is 3.34. The summed E-state index contributed by atoms with van der Waals surface area (Å²) in [5.74, 6) is 3.42. The average Bonchev–Trinajstić information content (AvgIpc) is 3.55. The summed E-state index contributed by atoms with van der Waals surface area (Å²) in [4.78, 5) is 12.7. The van der Waals surface area contributed by atoms with Crippen LogP contribution < -0.4 is 9.47 Å². The molecule has 3 heteroatoms. The summed E-state index contributed by atoms with van der Waals surface area (Å²) < 4.78 is 10.4. The molecule has 4 unspecified atom stereocenters. The van der Waals surface area contributed by atoms with E-state index in [0.29, 0.717) is 17.6 Å². The van der Waals surface area contributed by atoms with Gasteiger partial charge in [0.2, 0.25) is 0 Å². The highest BCUT2D eigenvalue weighted by molar-refractivity contribution is 5.90. The number of carbonyl (C=O) groups excluding carboxylic acids is 1. The molecule has 2 aliphatic rings. The van der Waals surface area contributed by atoms with E-state index >= 15 is 0 Å². The highest BCUT2D eigenvalue weighted by Gasteiger charge is 2.53. The Bertz CT molecular complexity index is 669. The molecule has 4 rings (SSSR count). The smallest absolute Gasteiger partial charge is 0.140 e. The third-order valence-electron chi connectivity index (χ3n) is 5.40. The Hall–Kier alpha value is -2.29. The lowest BCUT2D eigenvalue weighted by molar-refractivity contribution is -0.121. The predicted molar refractivity (Wildman–Crippen MR) is 92.7 cm³/mol. The maximum absolute atomic E-state index is 12.7. The summed E-state index contributed by atoms with van der Waals surface area (Å²) in [6.45, 7) is 0. The number of benzene rings is 2. The SMILES string of the molecule is COc1ccc(C2CC2C(=O)C2CC2c2ccc(OC)cc2)cc1. The molecule has 24 heavy (non-hydrogen) atoms. The van der Waals surface area contributed by atoms with Crippen LogP contribution in [-0.4, -0.2) is 20.0 Å². The molecular formula is C21H22O3. The topological polar surface area (TPSA) is 35.5 Å². The van der Waals surface area contributed by atoms with Gasteiger partial charge in [-0.05, 0) is 60.1 Å². The number of carbonyl (C=O) groups is 1. The summed E-state index contributed by atoms with van der Waals surface area (Å²) in [5, 5.41) is 0. The van der Waals surface area contributed by atoms with Crippen molar-refractivity contribution in [2.24, 2.45) is 11.8 Å². The van der Waals surface area contributed by atoms with Gasteiger partial charge in [0, 0.05) is 11.8 Å². The highest BCUT2D eigenvalue weighted by atomic mass is 16.5. The zero-order valence-corrected chi connectivity index (χ0v) is 14.1. The van der Waals surface area contributed by atoms with E-state index in [9.17, 15) is 4.79 Å². The number of rotatable bonds is 6. The van der Waals surface area contributed by atoms with Gasteiger partial charge >= 0.3 is 0 Å². The van der Waals surface area contributed by atoms with Gasteiger partial charge in [-0.25, -0.2) is 0 Å². The van der Waals surface area contributed by atoms with Gasteiger partial charge in [-0.1, -0.05) is 24.3 Å². The molecule has 0 aliphatic heterocycles. The molecule has 0 aromatic heterocycles. The van der Waals surface area contributed by atoms with Gasteiger partial charge in [0.25, 0.3) is 0 Å². The maximum Gasteiger partial charge on any atom is 0.140 e. The first-order valence-electron chi connectivity index (χ1n) is 8.53. The van der Waals surface area contributed by atoms with E-state index in [1.165, 1.54) is 11.1 Å². The van der Waals surface area contributed by atoms with Crippen molar-refractivity contribution < 1.29 is 14.3 Å². The predicted octanol–water partition coefficient (Wildman–Crippen LogP) is 4.18. The number of hydrogen-bond acceptors (Lipinski definition) is 3. The molecule has 2 aromatic carbocycles. The van der Waals surface area contributed by atoms with Gasteiger partial charge in [0.15, 0.2) is 0 Å². The first-order valence-corrected chi connectivity index (χ1v) is 8.53. The van der Waals surface area contributed by atoms with Crippen LogP contribution in [0.3, 0.4) is 0 Å². The van der Waals surface area contributed by atoms with Gasteiger partial charge in [0.1, 0.15) is 17.3 Å². The number of methoxy groups -OCH3 is 2. The van der Waals surface area contributed by atoms with Crippen LogP contribution in [0.1, 0.15) is 35.8 Å². The van der Waals surface area contributed by atoms with Crippen LogP contribution in [0.15, 0.2) is 48.5 Å². The fraction of sp³-hybridized carbons (Fsp3) is 0.381. The molecule has 2 fully saturated rings. The van der Waals surface area contributed by atoms with Crippen molar-refractivity contribution in [3.05, 3.63) is 59.7 Å². The minimum absolute atomic E-state index is 0.214. The highest BCUT2D eigenvalue weighted by Crippen LogP contribution is 2.56. The van der Waals surface area contributed by atoms with E-state index in [4.69, 9.17) is 9.47 Å². The van der Waals surface area contributed by atoms with E-state index in [1.54, 1.807) is 14.2 Å². The molecule has 4 atom stereocenters. The number of Topliss-reactive ketones (excluding diaryl/α,β-unsaturated/α-hetero) is 1. The third-order valence-corrected chi connectivity index (χ3v) is 5.40. The largest absolute Gasteiger partial charge is 0.497 e. The Morgan fingerprint density at radius 2 is 1.12 bits per heavy atom. The second-order valence-electron chi connectivity index (χ2n) is 6.85. The van der Waals surface area contributed by atoms with Crippen molar-refractivity contribution in [2.45, 2.75) is 24.7 Å². The van der Waals surface area contributed by atoms with Crippen LogP contribution in [0.5, 0.6) is 11.5 Å². The van der Waals surface area contributed by atoms with Crippen LogP contribution in [0.2, 0.25) is 0 Å². The Balaban J connectivity index is 1.37. The van der Waals surface area contributed by atoms with Gasteiger partial charge in [-0.15, -0.1) is 0 Å². The second-order valence-corrected chi connectivity index (χ2v) is 6.85. The van der Waals surface area contributed by atoms with Crippen molar-refractivity contribution in [1.29, 1.82) is 0 Å². The summed E-state index contributed by atoms with van der Waals surface area (Å²) in [6, 6.07) is 16.3. The fourth-order valence-corrected chi connectivity index (χ4v) is 3.73. The maximum atomic E-state index is 12.7. The van der Waals surface area contributed by atoms with E-state index in [1.807, 2.05) is 24.3 Å². The number of hydrogen-bond donors (Lipinski definition) is 0. The molecule has 0 amide bonds. The third kappa shape index (κ3) is 2.79. The van der Waals surface area contributed by atoms with Crippen molar-refractivity contribution in [3.63, 3.8) is 0 Å². The van der Waals surface area contributed by atoms with Crippen molar-refractivity contribution in [1.82, 2.24) is 0 Å². The minimum Gasteiger partial charge on any atom is -0.497 e. The zero-order chi connectivity index (χ0) is 16.7. The molecule has 124 valence electrons. The number of ketones is 1. The Morgan fingerprint density at radius 3 is 1.46 bits per heavy atom. The summed E-state index contributed by atoms with van der Waals surface area (Å²) >= 11 is 0. The summed E-state index contributed by atoms with van der Waals surface area (Å²) in [6.07, 6.45) is 1.99. The normalized spacial score (nSPS) is 27.4. The molecule has 0 heterocycles. The van der Waals surface area contributed by atoms with Gasteiger partial charge in [0.05, 0.1) is 14.2 Å². The molecular weight excluding hydrogens is 300 g/mol. The standard InChI is InChI=1S/C21H22O3/c1-23-15-7-3-13(4-8-15)17-11-19(17)21(22)20-12-18(20)14-5-9-16(24-2)10-6-14/h3-10,17-20H,11-12H2,1-2H3. The minimum atomic E-state index is 0.214. The molecule has 0 N–H and O–H groups in total. The van der Waals surface area contributed by atoms with E-state index in [0.717, 1.165) is 24.3 Å². The lowest BCUT2D eigenvalue weighted by Gasteiger charge is -2.04. The molecule has 0 bridgehead atoms. The fourth-order valence-electron chi connectivity index (χ4n) is 3.73. The van der Waals surface area contributed by atoms with Crippen LogP contribution in [0.25, 0.3) is 0 Å². The van der Waals surface area contributed by atoms with Crippen molar-refractivity contribution in [2.75, 3.05) is 14.2 Å². The van der Waals surface area contributed by atoms with Crippen molar-refractivity contribution >= 4 is 5.78 Å². The first kappa shape index (κ1) is 15.3. The quantitative estimate of drug-likeness (QED) is 0.800. The van der Waals surface area contributed by atoms with Gasteiger partial charge < -0.3 is 9.47 Å². The van der Waals surface area contributed by atoms with E-state index in [-0.39, 0.29) is 11.8 Å². The average molecular weight is 322 g/mol. The molecule has 0 spiro atoms. The van der Waals surface area contributed by atoms with Crippen LogP contribution in [0, 0.1) is 11.8 Å². The molecule has 2 saturated carbocycles. The molecule has 2 aromatic rings. The molecule has 0 radical (unpaired) electrons. The van der Waals surface area contributed by atoms with Crippen LogP contribution in [-0.2, 0) is 4.79 Å².